The van der Waals surface area contributed by atoms with Gasteiger partial charge in [-0.25, -0.2) is 0 Å². The maximum absolute atomic E-state index is 11.9. The zero-order valence-electron chi connectivity index (χ0n) is 10.7. The zero-order chi connectivity index (χ0) is 12.6. The molecule has 0 radical (unpaired) electrons. The van der Waals surface area contributed by atoms with E-state index in [1.54, 1.807) is 4.68 Å². The molecule has 1 aromatic rings. The summed E-state index contributed by atoms with van der Waals surface area (Å²) in [5, 5.41) is 4.33. The highest BCUT2D eigenvalue weighted by atomic mass is 16.2. The largest absolute Gasteiger partial charge is 0.334 e. The van der Waals surface area contributed by atoms with Crippen molar-refractivity contribution in [2.24, 2.45) is 12.8 Å². The second kappa shape index (κ2) is 4.49. The molecule has 0 bridgehead atoms. The topological polar surface area (TPSA) is 64.2 Å². The first kappa shape index (κ1) is 12.1. The molecule has 0 aromatic carbocycles. The van der Waals surface area contributed by atoms with E-state index in [1.165, 1.54) is 0 Å². The van der Waals surface area contributed by atoms with Crippen molar-refractivity contribution in [1.29, 1.82) is 0 Å². The fourth-order valence-corrected chi connectivity index (χ4v) is 2.63. The van der Waals surface area contributed by atoms with E-state index in [4.69, 9.17) is 5.73 Å². The molecule has 2 unspecified atom stereocenters. The summed E-state index contributed by atoms with van der Waals surface area (Å²) in [6, 6.07) is -0.118. The van der Waals surface area contributed by atoms with Crippen LogP contribution >= 0.6 is 0 Å². The van der Waals surface area contributed by atoms with Gasteiger partial charge in [-0.3, -0.25) is 9.48 Å². The highest BCUT2D eigenvalue weighted by Gasteiger charge is 2.39. The maximum atomic E-state index is 11.9. The minimum Gasteiger partial charge on any atom is -0.334 e. The van der Waals surface area contributed by atoms with Crippen molar-refractivity contribution in [2.45, 2.75) is 38.8 Å². The van der Waals surface area contributed by atoms with Crippen LogP contribution in [0.4, 0.5) is 0 Å². The SMILES string of the molecule is CCCN1C(=O)CC(N)C1c1cn(C)nc1C. The second-order valence-electron chi connectivity index (χ2n) is 4.74. The molecule has 94 valence electrons. The molecule has 5 nitrogen and oxygen atoms in total. The Labute approximate surface area is 102 Å². The molecule has 2 N–H and O–H groups in total. The lowest BCUT2D eigenvalue weighted by atomic mass is 10.0. The average Bonchev–Trinajstić information content (AvgIpc) is 2.69. The van der Waals surface area contributed by atoms with Crippen molar-refractivity contribution in [3.63, 3.8) is 0 Å². The number of carbonyl (C=O) groups is 1. The Morgan fingerprint density at radius 3 is 2.82 bits per heavy atom. The normalized spacial score (nSPS) is 24.7. The van der Waals surface area contributed by atoms with E-state index in [2.05, 4.69) is 12.0 Å². The molecule has 2 atom stereocenters. The van der Waals surface area contributed by atoms with Gasteiger partial charge in [-0.15, -0.1) is 0 Å². The summed E-state index contributed by atoms with van der Waals surface area (Å²) in [4.78, 5) is 13.8. The molecule has 1 fully saturated rings. The summed E-state index contributed by atoms with van der Waals surface area (Å²) in [6.45, 7) is 4.81. The van der Waals surface area contributed by atoms with E-state index < -0.39 is 0 Å². The summed E-state index contributed by atoms with van der Waals surface area (Å²) < 4.78 is 1.78. The molecule has 1 saturated heterocycles. The Balaban J connectivity index is 2.34. The van der Waals surface area contributed by atoms with Crippen LogP contribution in [0.5, 0.6) is 0 Å². The van der Waals surface area contributed by atoms with Crippen molar-refractivity contribution in [2.75, 3.05) is 6.54 Å². The van der Waals surface area contributed by atoms with Crippen molar-refractivity contribution in [1.82, 2.24) is 14.7 Å². The summed E-state index contributed by atoms with van der Waals surface area (Å²) in [5.74, 6) is 0.160. The zero-order valence-corrected chi connectivity index (χ0v) is 10.7. The third-order valence-corrected chi connectivity index (χ3v) is 3.31. The Morgan fingerprint density at radius 2 is 2.29 bits per heavy atom. The fraction of sp³-hybridized carbons (Fsp3) is 0.667. The van der Waals surface area contributed by atoms with Crippen LogP contribution in [0.15, 0.2) is 6.20 Å². The molecule has 1 amide bonds. The van der Waals surface area contributed by atoms with Crippen LogP contribution in [0.25, 0.3) is 0 Å². The van der Waals surface area contributed by atoms with Crippen LogP contribution in [-0.4, -0.2) is 33.2 Å². The Kier molecular flexibility index (Phi) is 3.19. The first-order valence-electron chi connectivity index (χ1n) is 6.09. The van der Waals surface area contributed by atoms with E-state index in [0.717, 1.165) is 24.2 Å². The van der Waals surface area contributed by atoms with Gasteiger partial charge in [0.15, 0.2) is 0 Å². The lowest BCUT2D eigenvalue weighted by Crippen LogP contribution is -2.33. The predicted molar refractivity (Wildman–Crippen MR) is 65.3 cm³/mol. The molecule has 1 aliphatic heterocycles. The third-order valence-electron chi connectivity index (χ3n) is 3.31. The monoisotopic (exact) mass is 236 g/mol. The number of nitrogens with two attached hydrogens (primary N) is 1. The molecule has 1 aliphatic rings. The number of hydrogen-bond acceptors (Lipinski definition) is 3. The highest BCUT2D eigenvalue weighted by molar-refractivity contribution is 5.80. The van der Waals surface area contributed by atoms with Gasteiger partial charge in [-0.05, 0) is 13.3 Å². The van der Waals surface area contributed by atoms with Gasteiger partial charge in [0, 0.05) is 37.8 Å². The van der Waals surface area contributed by atoms with E-state index in [1.807, 2.05) is 25.1 Å². The number of rotatable bonds is 3. The molecule has 0 aliphatic carbocycles. The first-order chi connectivity index (χ1) is 8.04. The van der Waals surface area contributed by atoms with E-state index >= 15 is 0 Å². The Hall–Kier alpha value is -1.36. The summed E-state index contributed by atoms with van der Waals surface area (Å²) in [7, 11) is 1.89. The van der Waals surface area contributed by atoms with Gasteiger partial charge >= 0.3 is 0 Å². The van der Waals surface area contributed by atoms with E-state index in [9.17, 15) is 4.79 Å². The van der Waals surface area contributed by atoms with Crippen molar-refractivity contribution >= 4 is 5.91 Å². The number of aromatic nitrogens is 2. The minimum absolute atomic E-state index is 0.00356. The van der Waals surface area contributed by atoms with Gasteiger partial charge in [-0.1, -0.05) is 6.92 Å². The number of aryl methyl sites for hydroxylation is 2. The van der Waals surface area contributed by atoms with Gasteiger partial charge in [0.2, 0.25) is 5.91 Å². The van der Waals surface area contributed by atoms with Crippen LogP contribution in [-0.2, 0) is 11.8 Å². The van der Waals surface area contributed by atoms with Crippen molar-refractivity contribution in [3.05, 3.63) is 17.5 Å². The fourth-order valence-electron chi connectivity index (χ4n) is 2.63. The van der Waals surface area contributed by atoms with Gasteiger partial charge in [0.1, 0.15) is 0 Å². The number of hydrogen-bond donors (Lipinski definition) is 1. The number of amides is 1. The van der Waals surface area contributed by atoms with Crippen LogP contribution in [0, 0.1) is 6.92 Å². The number of nitrogens with zero attached hydrogens (tertiary/aromatic N) is 3. The first-order valence-corrected chi connectivity index (χ1v) is 6.09. The predicted octanol–water partition coefficient (Wildman–Crippen LogP) is 0.739. The lowest BCUT2D eigenvalue weighted by Gasteiger charge is -2.26. The molecule has 5 heteroatoms. The third kappa shape index (κ3) is 2.07. The smallest absolute Gasteiger partial charge is 0.224 e. The maximum Gasteiger partial charge on any atom is 0.224 e. The van der Waals surface area contributed by atoms with Crippen LogP contribution in [0.2, 0.25) is 0 Å². The van der Waals surface area contributed by atoms with Crippen LogP contribution in [0.1, 0.15) is 37.1 Å². The Bertz CT molecular complexity index is 426. The standard InChI is InChI=1S/C12H20N4O/c1-4-5-16-11(17)6-10(13)12(16)9-7-15(3)14-8(9)2/h7,10,12H,4-6,13H2,1-3H3. The van der Waals surface area contributed by atoms with Gasteiger partial charge < -0.3 is 10.6 Å². The molecule has 1 aromatic heterocycles. The highest BCUT2D eigenvalue weighted by Crippen LogP contribution is 2.33. The molecular weight excluding hydrogens is 216 g/mol. The van der Waals surface area contributed by atoms with Gasteiger partial charge in [0.25, 0.3) is 0 Å². The van der Waals surface area contributed by atoms with Gasteiger partial charge in [0.05, 0.1) is 11.7 Å². The Morgan fingerprint density at radius 1 is 1.59 bits per heavy atom. The number of carbonyl (C=O) groups excluding carboxylic acids is 1. The van der Waals surface area contributed by atoms with Crippen molar-refractivity contribution in [3.8, 4) is 0 Å². The quantitative estimate of drug-likeness (QED) is 0.842. The van der Waals surface area contributed by atoms with E-state index in [-0.39, 0.29) is 18.0 Å². The molecule has 0 spiro atoms. The van der Waals surface area contributed by atoms with Crippen molar-refractivity contribution < 1.29 is 4.79 Å². The number of likely N-dealkylation sites (tertiary alicyclic amines) is 1. The minimum atomic E-state index is -0.114. The average molecular weight is 236 g/mol. The lowest BCUT2D eigenvalue weighted by molar-refractivity contribution is -0.129. The van der Waals surface area contributed by atoms with Crippen LogP contribution in [0.3, 0.4) is 0 Å². The molecule has 17 heavy (non-hydrogen) atoms. The summed E-state index contributed by atoms with van der Waals surface area (Å²) >= 11 is 0. The molecule has 2 heterocycles. The summed E-state index contributed by atoms with van der Waals surface area (Å²) in [6.07, 6.45) is 3.37. The molecular formula is C12H20N4O. The molecule has 2 rings (SSSR count). The summed E-state index contributed by atoms with van der Waals surface area (Å²) in [5.41, 5.74) is 8.15. The van der Waals surface area contributed by atoms with Gasteiger partial charge in [-0.2, -0.15) is 5.10 Å². The van der Waals surface area contributed by atoms with Crippen LogP contribution < -0.4 is 5.73 Å². The molecule has 0 saturated carbocycles. The van der Waals surface area contributed by atoms with E-state index in [0.29, 0.717) is 6.42 Å². The second-order valence-corrected chi connectivity index (χ2v) is 4.74.